The number of benzene rings is 1. The maximum absolute atomic E-state index is 11.7. The molecule has 0 atom stereocenters. The maximum atomic E-state index is 11.7. The summed E-state index contributed by atoms with van der Waals surface area (Å²) in [5.41, 5.74) is 1.26. The molecule has 2 aromatic rings. The van der Waals surface area contributed by atoms with E-state index in [1.165, 1.54) is 13.1 Å². The summed E-state index contributed by atoms with van der Waals surface area (Å²) in [6, 6.07) is 8.53. The number of Topliss-reactive ketones (excluding diaryl/α,β-unsaturated/α-hetero) is 1. The van der Waals surface area contributed by atoms with E-state index in [0.717, 1.165) is 0 Å². The van der Waals surface area contributed by atoms with E-state index in [4.69, 9.17) is 11.6 Å². The Balaban J connectivity index is 2.72. The van der Waals surface area contributed by atoms with Gasteiger partial charge in [0.2, 0.25) is 0 Å². The third kappa shape index (κ3) is 2.29. The maximum Gasteiger partial charge on any atom is 0.255 e. The first-order valence-electron chi connectivity index (χ1n) is 5.08. The molecule has 0 fully saturated rings. The molecule has 2 rings (SSSR count). The number of nitrogens with one attached hydrogen (secondary N) is 1. The number of halogens is 1. The predicted octanol–water partition coefficient (Wildman–Crippen LogP) is 2.90. The van der Waals surface area contributed by atoms with Gasteiger partial charge in [0.1, 0.15) is 0 Å². The Labute approximate surface area is 103 Å². The van der Waals surface area contributed by atoms with Crippen LogP contribution in [-0.4, -0.2) is 10.8 Å². The molecule has 1 aromatic heterocycles. The minimum atomic E-state index is -0.261. The van der Waals surface area contributed by atoms with Crippen LogP contribution in [-0.2, 0) is 0 Å². The van der Waals surface area contributed by atoms with E-state index in [9.17, 15) is 9.59 Å². The van der Waals surface area contributed by atoms with E-state index in [1.54, 1.807) is 30.3 Å². The highest BCUT2D eigenvalue weighted by Gasteiger charge is 2.11. The lowest BCUT2D eigenvalue weighted by molar-refractivity contribution is 0.101. The molecular formula is C13H10ClNO2. The summed E-state index contributed by atoms with van der Waals surface area (Å²) < 4.78 is 0. The molecule has 0 spiro atoms. The molecule has 1 N–H and O–H groups in total. The molecule has 0 unspecified atom stereocenters. The van der Waals surface area contributed by atoms with Gasteiger partial charge < -0.3 is 4.98 Å². The highest BCUT2D eigenvalue weighted by atomic mass is 35.5. The Kier molecular flexibility index (Phi) is 3.11. The standard InChI is InChI=1S/C13H10ClNO2/c1-8(16)10-4-2-3-5-11(10)12-6-9(14)7-15-13(12)17/h2-7H,1H3,(H,15,17). The number of aromatic amines is 1. The first kappa shape index (κ1) is 11.6. The second-order valence-corrected chi connectivity index (χ2v) is 4.10. The van der Waals surface area contributed by atoms with Gasteiger partial charge in [-0.3, -0.25) is 9.59 Å². The predicted molar refractivity (Wildman–Crippen MR) is 67.5 cm³/mol. The molecule has 0 amide bonds. The second kappa shape index (κ2) is 4.55. The van der Waals surface area contributed by atoms with Crippen LogP contribution in [0.3, 0.4) is 0 Å². The molecule has 0 saturated heterocycles. The fraction of sp³-hybridized carbons (Fsp3) is 0.0769. The molecular weight excluding hydrogens is 238 g/mol. The van der Waals surface area contributed by atoms with Crippen LogP contribution in [0.15, 0.2) is 41.3 Å². The van der Waals surface area contributed by atoms with Gasteiger partial charge in [-0.05, 0) is 18.6 Å². The van der Waals surface area contributed by atoms with Crippen LogP contribution < -0.4 is 5.56 Å². The van der Waals surface area contributed by atoms with E-state index < -0.39 is 0 Å². The van der Waals surface area contributed by atoms with E-state index >= 15 is 0 Å². The Bertz CT molecular complexity index is 631. The van der Waals surface area contributed by atoms with Gasteiger partial charge in [0, 0.05) is 17.3 Å². The van der Waals surface area contributed by atoms with Gasteiger partial charge >= 0.3 is 0 Å². The minimum absolute atomic E-state index is 0.0834. The number of pyridine rings is 1. The molecule has 1 aromatic carbocycles. The van der Waals surface area contributed by atoms with Crippen LogP contribution in [0.25, 0.3) is 11.1 Å². The summed E-state index contributed by atoms with van der Waals surface area (Å²) in [5.74, 6) is -0.0834. The fourth-order valence-electron chi connectivity index (χ4n) is 1.68. The van der Waals surface area contributed by atoms with Crippen molar-refractivity contribution in [2.75, 3.05) is 0 Å². The topological polar surface area (TPSA) is 49.9 Å². The Morgan fingerprint density at radius 1 is 1.24 bits per heavy atom. The van der Waals surface area contributed by atoms with Gasteiger partial charge in [-0.1, -0.05) is 35.9 Å². The number of aromatic nitrogens is 1. The van der Waals surface area contributed by atoms with Gasteiger partial charge in [0.25, 0.3) is 5.56 Å². The van der Waals surface area contributed by atoms with E-state index in [2.05, 4.69) is 4.98 Å². The third-order valence-corrected chi connectivity index (χ3v) is 2.68. The monoisotopic (exact) mass is 247 g/mol. The Hall–Kier alpha value is -1.87. The third-order valence-electron chi connectivity index (χ3n) is 2.46. The van der Waals surface area contributed by atoms with Crippen molar-refractivity contribution in [2.45, 2.75) is 6.92 Å². The first-order chi connectivity index (χ1) is 8.09. The van der Waals surface area contributed by atoms with E-state index in [-0.39, 0.29) is 11.3 Å². The molecule has 0 aliphatic carbocycles. The van der Waals surface area contributed by atoms with Crippen molar-refractivity contribution in [1.82, 2.24) is 4.98 Å². The van der Waals surface area contributed by atoms with Crippen molar-refractivity contribution in [3.63, 3.8) is 0 Å². The smallest absolute Gasteiger partial charge is 0.255 e. The van der Waals surface area contributed by atoms with Crippen LogP contribution in [0, 0.1) is 0 Å². The Morgan fingerprint density at radius 2 is 1.94 bits per heavy atom. The summed E-state index contributed by atoms with van der Waals surface area (Å²) in [6.45, 7) is 1.47. The summed E-state index contributed by atoms with van der Waals surface area (Å²) in [6.07, 6.45) is 1.42. The molecule has 86 valence electrons. The fourth-order valence-corrected chi connectivity index (χ4v) is 1.85. The molecule has 0 aliphatic heterocycles. The number of carbonyl (C=O) groups excluding carboxylic acids is 1. The van der Waals surface area contributed by atoms with Crippen molar-refractivity contribution in [1.29, 1.82) is 0 Å². The van der Waals surface area contributed by atoms with Gasteiger partial charge in [0.05, 0.1) is 5.02 Å². The van der Waals surface area contributed by atoms with Crippen LogP contribution in [0.1, 0.15) is 17.3 Å². The number of hydrogen-bond acceptors (Lipinski definition) is 2. The van der Waals surface area contributed by atoms with Gasteiger partial charge in [-0.15, -0.1) is 0 Å². The number of carbonyl (C=O) groups is 1. The zero-order valence-corrected chi connectivity index (χ0v) is 9.91. The van der Waals surface area contributed by atoms with Crippen molar-refractivity contribution >= 4 is 17.4 Å². The molecule has 3 nitrogen and oxygen atoms in total. The quantitative estimate of drug-likeness (QED) is 0.830. The zero-order valence-electron chi connectivity index (χ0n) is 9.16. The second-order valence-electron chi connectivity index (χ2n) is 3.66. The van der Waals surface area contributed by atoms with Crippen LogP contribution in [0.5, 0.6) is 0 Å². The van der Waals surface area contributed by atoms with Crippen molar-refractivity contribution < 1.29 is 4.79 Å². The highest BCUT2D eigenvalue weighted by molar-refractivity contribution is 6.30. The molecule has 1 heterocycles. The normalized spacial score (nSPS) is 10.2. The van der Waals surface area contributed by atoms with Crippen LogP contribution >= 0.6 is 11.6 Å². The van der Waals surface area contributed by atoms with E-state index in [1.807, 2.05) is 0 Å². The Morgan fingerprint density at radius 3 is 2.65 bits per heavy atom. The lowest BCUT2D eigenvalue weighted by Gasteiger charge is -2.06. The van der Waals surface area contributed by atoms with E-state index in [0.29, 0.717) is 21.7 Å². The molecule has 0 aliphatic rings. The molecule has 0 radical (unpaired) electrons. The van der Waals surface area contributed by atoms with Gasteiger partial charge in [-0.25, -0.2) is 0 Å². The largest absolute Gasteiger partial charge is 0.327 e. The molecule has 4 heteroatoms. The van der Waals surface area contributed by atoms with Crippen molar-refractivity contribution in [3.8, 4) is 11.1 Å². The van der Waals surface area contributed by atoms with Crippen molar-refractivity contribution in [2.24, 2.45) is 0 Å². The zero-order chi connectivity index (χ0) is 12.4. The number of ketones is 1. The highest BCUT2D eigenvalue weighted by Crippen LogP contribution is 2.22. The minimum Gasteiger partial charge on any atom is -0.327 e. The molecule has 0 saturated carbocycles. The number of rotatable bonds is 2. The number of hydrogen-bond donors (Lipinski definition) is 1. The van der Waals surface area contributed by atoms with Crippen molar-refractivity contribution in [3.05, 3.63) is 57.5 Å². The van der Waals surface area contributed by atoms with Gasteiger partial charge in [-0.2, -0.15) is 0 Å². The lowest BCUT2D eigenvalue weighted by atomic mass is 9.99. The lowest BCUT2D eigenvalue weighted by Crippen LogP contribution is -2.09. The molecule has 0 bridgehead atoms. The molecule has 17 heavy (non-hydrogen) atoms. The average Bonchev–Trinajstić information content (AvgIpc) is 2.32. The van der Waals surface area contributed by atoms with Crippen LogP contribution in [0.2, 0.25) is 5.02 Å². The SMILES string of the molecule is CC(=O)c1ccccc1-c1cc(Cl)c[nH]c1=O. The summed E-state index contributed by atoms with van der Waals surface area (Å²) in [4.78, 5) is 25.7. The first-order valence-corrected chi connectivity index (χ1v) is 5.46. The number of H-pyrrole nitrogens is 1. The van der Waals surface area contributed by atoms with Crippen LogP contribution in [0.4, 0.5) is 0 Å². The van der Waals surface area contributed by atoms with Gasteiger partial charge in [0.15, 0.2) is 5.78 Å². The summed E-state index contributed by atoms with van der Waals surface area (Å²) in [5, 5.41) is 0.429. The summed E-state index contributed by atoms with van der Waals surface area (Å²) in [7, 11) is 0. The average molecular weight is 248 g/mol. The summed E-state index contributed by atoms with van der Waals surface area (Å²) >= 11 is 5.84.